The van der Waals surface area contributed by atoms with Gasteiger partial charge in [-0.2, -0.15) is 0 Å². The Hall–Kier alpha value is -1.92. The number of nitrogens with zero attached hydrogens (tertiary/aromatic N) is 4. The number of nitrogens with one attached hydrogen (secondary N) is 1. The lowest BCUT2D eigenvalue weighted by Crippen LogP contribution is -2.21. The van der Waals surface area contributed by atoms with E-state index in [1.165, 1.54) is 6.20 Å². The van der Waals surface area contributed by atoms with Crippen LogP contribution < -0.4 is 5.32 Å². The van der Waals surface area contributed by atoms with Gasteiger partial charge in [0.15, 0.2) is 0 Å². The maximum absolute atomic E-state index is 11.1. The molecule has 2 heterocycles. The molecule has 1 N–H and O–H groups in total. The van der Waals surface area contributed by atoms with Gasteiger partial charge < -0.3 is 0 Å². The molecule has 0 spiro atoms. The van der Waals surface area contributed by atoms with Crippen LogP contribution in [0.4, 0.5) is 0 Å². The Kier molecular flexibility index (Phi) is 1.69. The Labute approximate surface area is 72.5 Å². The molecule has 2 rings (SSSR count). The van der Waals surface area contributed by atoms with Gasteiger partial charge in [0.05, 0.1) is 17.8 Å². The molecular weight excluding hydrogens is 174 g/mol. The van der Waals surface area contributed by atoms with Crippen molar-refractivity contribution in [3.05, 3.63) is 11.9 Å². The molecule has 1 aromatic rings. The lowest BCUT2D eigenvalue weighted by Gasteiger charge is -2.00. The van der Waals surface area contributed by atoms with Crippen molar-refractivity contribution in [2.24, 2.45) is 0 Å². The molecule has 1 aliphatic heterocycles. The summed E-state index contributed by atoms with van der Waals surface area (Å²) in [6.45, 7) is 0. The highest BCUT2D eigenvalue weighted by molar-refractivity contribution is 6.05. The molecule has 0 saturated carbocycles. The van der Waals surface area contributed by atoms with Gasteiger partial charge in [0.2, 0.25) is 11.8 Å². The Morgan fingerprint density at radius 3 is 2.77 bits per heavy atom. The summed E-state index contributed by atoms with van der Waals surface area (Å²) >= 11 is 0. The molecule has 0 bridgehead atoms. The fraction of sp³-hybridized carbons (Fsp3) is 0.333. The molecule has 1 aliphatic rings. The molecule has 7 nitrogen and oxygen atoms in total. The largest absolute Gasteiger partial charge is 0.296 e. The quantitative estimate of drug-likeness (QED) is 0.521. The first kappa shape index (κ1) is 7.71. The first-order valence-corrected chi connectivity index (χ1v) is 3.62. The molecule has 66 valence electrons. The van der Waals surface area contributed by atoms with E-state index in [0.29, 0.717) is 5.69 Å². The normalized spacial score (nSPS) is 21.7. The van der Waals surface area contributed by atoms with Crippen LogP contribution in [0, 0.1) is 0 Å². The summed E-state index contributed by atoms with van der Waals surface area (Å²) in [6.07, 6.45) is 1.44. The lowest BCUT2D eigenvalue weighted by molar-refractivity contribution is -0.125. The third-order valence-corrected chi connectivity index (χ3v) is 1.77. The summed E-state index contributed by atoms with van der Waals surface area (Å²) in [4.78, 5) is 22.0. The second kappa shape index (κ2) is 2.85. The zero-order valence-corrected chi connectivity index (χ0v) is 6.47. The Morgan fingerprint density at radius 2 is 2.23 bits per heavy atom. The molecule has 1 atom stereocenters. The van der Waals surface area contributed by atoms with E-state index in [9.17, 15) is 9.59 Å². The van der Waals surface area contributed by atoms with Crippen LogP contribution in [-0.4, -0.2) is 32.4 Å². The standard InChI is InChI=1S/C6H5N5O2/c12-5-1-3(6(13)8-5)4-2-7-10-11-9-4/h2-3H,1H2,(H,8,12,13). The van der Waals surface area contributed by atoms with Crippen molar-refractivity contribution in [2.45, 2.75) is 12.3 Å². The van der Waals surface area contributed by atoms with E-state index in [2.05, 4.69) is 25.9 Å². The van der Waals surface area contributed by atoms with Crippen molar-refractivity contribution in [3.63, 3.8) is 0 Å². The fourth-order valence-electron chi connectivity index (χ4n) is 1.16. The second-order valence-electron chi connectivity index (χ2n) is 2.62. The molecule has 2 amide bonds. The summed E-state index contributed by atoms with van der Waals surface area (Å²) in [5.41, 5.74) is 0.373. The molecule has 7 heteroatoms. The zero-order chi connectivity index (χ0) is 9.26. The Bertz CT molecular complexity index is 351. The fourth-order valence-corrected chi connectivity index (χ4v) is 1.16. The van der Waals surface area contributed by atoms with Crippen molar-refractivity contribution >= 4 is 11.8 Å². The van der Waals surface area contributed by atoms with Gasteiger partial charge in [-0.3, -0.25) is 14.9 Å². The topological polar surface area (TPSA) is 97.7 Å². The molecule has 1 unspecified atom stereocenters. The minimum absolute atomic E-state index is 0.110. The summed E-state index contributed by atoms with van der Waals surface area (Å²) < 4.78 is 0. The van der Waals surface area contributed by atoms with Crippen molar-refractivity contribution in [1.82, 2.24) is 25.9 Å². The highest BCUT2D eigenvalue weighted by Crippen LogP contribution is 2.20. The highest BCUT2D eigenvalue weighted by atomic mass is 16.2. The molecule has 0 aromatic carbocycles. The van der Waals surface area contributed by atoms with Crippen molar-refractivity contribution in [2.75, 3.05) is 0 Å². The first-order chi connectivity index (χ1) is 6.27. The molecule has 1 aromatic heterocycles. The van der Waals surface area contributed by atoms with E-state index < -0.39 is 5.92 Å². The molecule has 0 aliphatic carbocycles. The van der Waals surface area contributed by atoms with Crippen LogP contribution in [-0.2, 0) is 9.59 Å². The minimum atomic E-state index is -0.560. The van der Waals surface area contributed by atoms with Gasteiger partial charge in [-0.1, -0.05) is 0 Å². The molecule has 13 heavy (non-hydrogen) atoms. The smallest absolute Gasteiger partial charge is 0.236 e. The van der Waals surface area contributed by atoms with Crippen molar-refractivity contribution in [3.8, 4) is 0 Å². The van der Waals surface area contributed by atoms with E-state index in [0.717, 1.165) is 0 Å². The second-order valence-corrected chi connectivity index (χ2v) is 2.62. The summed E-state index contributed by atoms with van der Waals surface area (Å²) in [5, 5.41) is 15.8. The van der Waals surface area contributed by atoms with Gasteiger partial charge in [0.25, 0.3) is 0 Å². The third kappa shape index (κ3) is 1.35. The molecule has 0 radical (unpaired) electrons. The maximum Gasteiger partial charge on any atom is 0.236 e. The monoisotopic (exact) mass is 179 g/mol. The zero-order valence-electron chi connectivity index (χ0n) is 6.47. The first-order valence-electron chi connectivity index (χ1n) is 3.62. The van der Waals surface area contributed by atoms with Crippen molar-refractivity contribution < 1.29 is 9.59 Å². The van der Waals surface area contributed by atoms with Crippen LogP contribution in [0.2, 0.25) is 0 Å². The van der Waals surface area contributed by atoms with Gasteiger partial charge >= 0.3 is 0 Å². The van der Waals surface area contributed by atoms with Gasteiger partial charge in [-0.05, 0) is 10.4 Å². The SMILES string of the molecule is O=C1CC(c2cnnnn2)C(=O)N1. The van der Waals surface area contributed by atoms with Gasteiger partial charge in [0, 0.05) is 6.42 Å². The third-order valence-electron chi connectivity index (χ3n) is 1.77. The van der Waals surface area contributed by atoms with Crippen molar-refractivity contribution in [1.29, 1.82) is 0 Å². The summed E-state index contributed by atoms with van der Waals surface area (Å²) in [7, 11) is 0. The number of hydrogen-bond acceptors (Lipinski definition) is 6. The van der Waals surface area contributed by atoms with E-state index in [4.69, 9.17) is 0 Å². The number of carbonyl (C=O) groups is 2. The van der Waals surface area contributed by atoms with Crippen LogP contribution in [0.1, 0.15) is 18.0 Å². The number of imide groups is 1. The number of aromatic nitrogens is 4. The lowest BCUT2D eigenvalue weighted by atomic mass is 10.1. The van der Waals surface area contributed by atoms with Gasteiger partial charge in [0.1, 0.15) is 0 Å². The van der Waals surface area contributed by atoms with E-state index in [1.54, 1.807) is 0 Å². The number of hydrogen-bond donors (Lipinski definition) is 1. The average Bonchev–Trinajstić information content (AvgIpc) is 2.47. The maximum atomic E-state index is 11.1. The summed E-state index contributed by atoms with van der Waals surface area (Å²) in [6, 6.07) is 0. The van der Waals surface area contributed by atoms with Crippen LogP contribution in [0.3, 0.4) is 0 Å². The van der Waals surface area contributed by atoms with Crippen LogP contribution in [0.25, 0.3) is 0 Å². The average molecular weight is 179 g/mol. The predicted molar refractivity (Wildman–Crippen MR) is 38.1 cm³/mol. The van der Waals surface area contributed by atoms with E-state index >= 15 is 0 Å². The Morgan fingerprint density at radius 1 is 1.38 bits per heavy atom. The van der Waals surface area contributed by atoms with Gasteiger partial charge in [-0.15, -0.1) is 10.2 Å². The minimum Gasteiger partial charge on any atom is -0.296 e. The predicted octanol–water partition coefficient (Wildman–Crippen LogP) is -1.60. The molecular formula is C6H5N5O2. The van der Waals surface area contributed by atoms with Gasteiger partial charge in [-0.25, -0.2) is 0 Å². The summed E-state index contributed by atoms with van der Waals surface area (Å²) in [5.74, 6) is -1.21. The number of carbonyl (C=O) groups excluding carboxylic acids is 2. The molecule has 1 fully saturated rings. The highest BCUT2D eigenvalue weighted by Gasteiger charge is 2.33. The Balaban J connectivity index is 2.28. The van der Waals surface area contributed by atoms with Crippen LogP contribution in [0.5, 0.6) is 0 Å². The molecule has 1 saturated heterocycles. The van der Waals surface area contributed by atoms with E-state index in [-0.39, 0.29) is 18.2 Å². The van der Waals surface area contributed by atoms with E-state index in [1.807, 2.05) is 0 Å². The van der Waals surface area contributed by atoms with Crippen LogP contribution >= 0.6 is 0 Å². The number of amides is 2. The number of rotatable bonds is 1. The van der Waals surface area contributed by atoms with Crippen LogP contribution in [0.15, 0.2) is 6.20 Å².